The minimum absolute atomic E-state index is 0.157. The Morgan fingerprint density at radius 2 is 2.00 bits per heavy atom. The molecule has 0 saturated heterocycles. The fourth-order valence-corrected chi connectivity index (χ4v) is 1.70. The van der Waals surface area contributed by atoms with Crippen LogP contribution >= 0.6 is 0 Å². The third-order valence-electron chi connectivity index (χ3n) is 2.83. The van der Waals surface area contributed by atoms with Gasteiger partial charge in [0.1, 0.15) is 0 Å². The van der Waals surface area contributed by atoms with Gasteiger partial charge in [0.15, 0.2) is 11.6 Å². The summed E-state index contributed by atoms with van der Waals surface area (Å²) in [6.45, 7) is 2.58. The number of aromatic nitrogens is 1. The van der Waals surface area contributed by atoms with Gasteiger partial charge in [-0.3, -0.25) is 4.98 Å². The molecule has 1 heterocycles. The number of hydrogen-bond acceptors (Lipinski definition) is 3. The number of nitrogens with one attached hydrogen (secondary N) is 1. The molecule has 1 aromatic carbocycles. The number of aromatic hydroxyl groups is 1. The molecular formula is C14H15FN2O. The maximum Gasteiger partial charge on any atom is 0.165 e. The summed E-state index contributed by atoms with van der Waals surface area (Å²) < 4.78 is 13.1. The molecule has 0 aliphatic rings. The highest BCUT2D eigenvalue weighted by Crippen LogP contribution is 2.17. The van der Waals surface area contributed by atoms with Crippen LogP contribution in [0, 0.1) is 5.82 Å². The van der Waals surface area contributed by atoms with Crippen molar-refractivity contribution in [3.8, 4) is 5.75 Å². The highest BCUT2D eigenvalue weighted by atomic mass is 19.1. The standard InChI is InChI=1S/C14H15FN2O/c1-10(12-4-6-16-7-5-12)17-9-11-2-3-14(18)13(15)8-11/h2-8,10,17-18H,9H2,1H3/t10-/m0/s1. The van der Waals surface area contributed by atoms with E-state index in [1.165, 1.54) is 12.1 Å². The topological polar surface area (TPSA) is 45.1 Å². The van der Waals surface area contributed by atoms with E-state index in [1.807, 2.05) is 19.1 Å². The Morgan fingerprint density at radius 3 is 2.67 bits per heavy atom. The lowest BCUT2D eigenvalue weighted by atomic mass is 10.1. The van der Waals surface area contributed by atoms with Crippen LogP contribution in [0.1, 0.15) is 24.1 Å². The predicted molar refractivity (Wildman–Crippen MR) is 67.6 cm³/mol. The maximum atomic E-state index is 13.1. The van der Waals surface area contributed by atoms with Crippen molar-refractivity contribution in [3.05, 3.63) is 59.7 Å². The van der Waals surface area contributed by atoms with Crippen molar-refractivity contribution < 1.29 is 9.50 Å². The molecule has 18 heavy (non-hydrogen) atoms. The summed E-state index contributed by atoms with van der Waals surface area (Å²) in [4.78, 5) is 3.96. The molecule has 0 fully saturated rings. The van der Waals surface area contributed by atoms with E-state index < -0.39 is 5.82 Å². The number of rotatable bonds is 4. The lowest BCUT2D eigenvalue weighted by Gasteiger charge is -2.14. The number of nitrogens with zero attached hydrogens (tertiary/aromatic N) is 1. The molecule has 0 spiro atoms. The summed E-state index contributed by atoms with van der Waals surface area (Å²) in [5.41, 5.74) is 1.93. The fourth-order valence-electron chi connectivity index (χ4n) is 1.70. The van der Waals surface area contributed by atoms with Crippen LogP contribution in [-0.2, 0) is 6.54 Å². The third kappa shape index (κ3) is 3.05. The van der Waals surface area contributed by atoms with Crippen LogP contribution < -0.4 is 5.32 Å². The highest BCUT2D eigenvalue weighted by molar-refractivity contribution is 5.28. The molecule has 0 aliphatic heterocycles. The van der Waals surface area contributed by atoms with Crippen LogP contribution in [0.3, 0.4) is 0 Å². The van der Waals surface area contributed by atoms with Gasteiger partial charge in [-0.1, -0.05) is 6.07 Å². The Morgan fingerprint density at radius 1 is 1.28 bits per heavy atom. The van der Waals surface area contributed by atoms with Gasteiger partial charge in [-0.2, -0.15) is 0 Å². The van der Waals surface area contributed by atoms with E-state index in [0.29, 0.717) is 6.54 Å². The average molecular weight is 246 g/mol. The molecule has 0 bridgehead atoms. The summed E-state index contributed by atoms with van der Waals surface area (Å²) in [7, 11) is 0. The van der Waals surface area contributed by atoms with Crippen LogP contribution in [0.15, 0.2) is 42.7 Å². The van der Waals surface area contributed by atoms with Crippen molar-refractivity contribution in [3.63, 3.8) is 0 Å². The molecule has 1 atom stereocenters. The maximum absolute atomic E-state index is 13.1. The smallest absolute Gasteiger partial charge is 0.165 e. The second kappa shape index (κ2) is 5.60. The van der Waals surface area contributed by atoms with E-state index in [0.717, 1.165) is 11.1 Å². The molecule has 1 aromatic heterocycles. The summed E-state index contributed by atoms with van der Waals surface area (Å²) in [5.74, 6) is -0.910. The van der Waals surface area contributed by atoms with E-state index in [9.17, 15) is 4.39 Å². The van der Waals surface area contributed by atoms with E-state index in [2.05, 4.69) is 10.3 Å². The highest BCUT2D eigenvalue weighted by Gasteiger charge is 2.05. The van der Waals surface area contributed by atoms with Crippen LogP contribution in [0.4, 0.5) is 4.39 Å². The second-order valence-corrected chi connectivity index (χ2v) is 4.17. The zero-order chi connectivity index (χ0) is 13.0. The Hall–Kier alpha value is -1.94. The Bertz CT molecular complexity index is 516. The molecule has 2 rings (SSSR count). The second-order valence-electron chi connectivity index (χ2n) is 4.17. The predicted octanol–water partition coefficient (Wildman–Crippen LogP) is 2.78. The fraction of sp³-hybridized carbons (Fsp3) is 0.214. The van der Waals surface area contributed by atoms with Crippen molar-refractivity contribution in [1.82, 2.24) is 10.3 Å². The minimum Gasteiger partial charge on any atom is -0.505 e. The molecule has 0 aliphatic carbocycles. The molecule has 2 aromatic rings. The van der Waals surface area contributed by atoms with Gasteiger partial charge in [0.05, 0.1) is 0 Å². The SMILES string of the molecule is C[C@H](NCc1ccc(O)c(F)c1)c1ccncc1. The molecule has 3 nitrogen and oxygen atoms in total. The van der Waals surface area contributed by atoms with Crippen LogP contribution in [-0.4, -0.2) is 10.1 Å². The minimum atomic E-state index is -0.592. The van der Waals surface area contributed by atoms with Gasteiger partial charge in [0, 0.05) is 25.0 Å². The van der Waals surface area contributed by atoms with Gasteiger partial charge in [0.25, 0.3) is 0 Å². The first-order chi connectivity index (χ1) is 8.66. The zero-order valence-electron chi connectivity index (χ0n) is 10.1. The van der Waals surface area contributed by atoms with E-state index in [-0.39, 0.29) is 11.8 Å². The summed E-state index contributed by atoms with van der Waals surface area (Å²) >= 11 is 0. The number of phenolic OH excluding ortho intramolecular Hbond substituents is 1. The lowest BCUT2D eigenvalue weighted by Crippen LogP contribution is -2.18. The summed E-state index contributed by atoms with van der Waals surface area (Å²) in [5, 5.41) is 12.4. The first kappa shape index (κ1) is 12.5. The van der Waals surface area contributed by atoms with Crippen molar-refractivity contribution in [2.75, 3.05) is 0 Å². The van der Waals surface area contributed by atoms with Gasteiger partial charge in [-0.25, -0.2) is 4.39 Å². The van der Waals surface area contributed by atoms with E-state index in [1.54, 1.807) is 18.5 Å². The molecule has 0 unspecified atom stereocenters. The van der Waals surface area contributed by atoms with Crippen molar-refractivity contribution in [1.29, 1.82) is 0 Å². The molecule has 2 N–H and O–H groups in total. The van der Waals surface area contributed by atoms with Gasteiger partial charge in [0.2, 0.25) is 0 Å². The lowest BCUT2D eigenvalue weighted by molar-refractivity contribution is 0.431. The van der Waals surface area contributed by atoms with E-state index in [4.69, 9.17) is 5.11 Å². The molecule has 4 heteroatoms. The molecule has 94 valence electrons. The van der Waals surface area contributed by atoms with Crippen molar-refractivity contribution in [2.24, 2.45) is 0 Å². The zero-order valence-corrected chi connectivity index (χ0v) is 10.1. The summed E-state index contributed by atoms with van der Waals surface area (Å²) in [6, 6.07) is 8.43. The number of halogens is 1. The number of benzene rings is 1. The first-order valence-corrected chi connectivity index (χ1v) is 5.77. The molecule has 0 radical (unpaired) electrons. The first-order valence-electron chi connectivity index (χ1n) is 5.77. The van der Waals surface area contributed by atoms with E-state index >= 15 is 0 Å². The third-order valence-corrected chi connectivity index (χ3v) is 2.83. The van der Waals surface area contributed by atoms with Gasteiger partial charge >= 0.3 is 0 Å². The largest absolute Gasteiger partial charge is 0.505 e. The number of phenols is 1. The quantitative estimate of drug-likeness (QED) is 0.872. The molecule has 0 amide bonds. The number of hydrogen-bond donors (Lipinski definition) is 2. The van der Waals surface area contributed by atoms with Crippen molar-refractivity contribution in [2.45, 2.75) is 19.5 Å². The average Bonchev–Trinajstić information content (AvgIpc) is 2.41. The summed E-state index contributed by atoms with van der Waals surface area (Å²) in [6.07, 6.45) is 3.49. The molecule has 0 saturated carbocycles. The van der Waals surface area contributed by atoms with Crippen LogP contribution in [0.5, 0.6) is 5.75 Å². The monoisotopic (exact) mass is 246 g/mol. The number of pyridine rings is 1. The Kier molecular flexibility index (Phi) is 3.89. The van der Waals surface area contributed by atoms with Gasteiger partial charge in [-0.05, 0) is 42.3 Å². The van der Waals surface area contributed by atoms with Gasteiger partial charge < -0.3 is 10.4 Å². The van der Waals surface area contributed by atoms with Crippen LogP contribution in [0.2, 0.25) is 0 Å². The van der Waals surface area contributed by atoms with Crippen molar-refractivity contribution >= 4 is 0 Å². The van der Waals surface area contributed by atoms with Crippen LogP contribution in [0.25, 0.3) is 0 Å². The van der Waals surface area contributed by atoms with Gasteiger partial charge in [-0.15, -0.1) is 0 Å². The molecular weight excluding hydrogens is 231 g/mol. The normalized spacial score (nSPS) is 12.3. The Labute approximate surface area is 105 Å². The Balaban J connectivity index is 1.97.